The summed E-state index contributed by atoms with van der Waals surface area (Å²) in [5.41, 5.74) is 7.95. The molecule has 0 aliphatic carbocycles. The smallest absolute Gasteiger partial charge is 0.323 e. The maximum absolute atomic E-state index is 12.5. The van der Waals surface area contributed by atoms with Gasteiger partial charge in [-0.2, -0.15) is 0 Å². The maximum Gasteiger partial charge on any atom is 0.323 e. The summed E-state index contributed by atoms with van der Waals surface area (Å²) in [5.74, 6) is 1.05. The molecule has 0 atom stereocenters. The fourth-order valence-corrected chi connectivity index (χ4v) is 3.22. The van der Waals surface area contributed by atoms with Crippen molar-refractivity contribution >= 4 is 17.4 Å². The number of nitrogens with two attached hydrogens (primary N) is 1. The summed E-state index contributed by atoms with van der Waals surface area (Å²) < 4.78 is 33.7. The minimum Gasteiger partial charge on any atom is -0.487 e. The van der Waals surface area contributed by atoms with Crippen LogP contribution in [0.1, 0.15) is 5.56 Å². The van der Waals surface area contributed by atoms with Crippen LogP contribution in [0.3, 0.4) is 0 Å². The first kappa shape index (κ1) is 26.7. The molecule has 10 heteroatoms. The zero-order valence-electron chi connectivity index (χ0n) is 20.0. The van der Waals surface area contributed by atoms with Crippen molar-refractivity contribution in [3.8, 4) is 11.5 Å². The number of carbonyl (C=O) groups excluding carboxylic acids is 1. The van der Waals surface area contributed by atoms with Crippen molar-refractivity contribution in [2.75, 3.05) is 83.2 Å². The summed E-state index contributed by atoms with van der Waals surface area (Å²) in [6.07, 6.45) is 0.795. The van der Waals surface area contributed by atoms with Crippen LogP contribution in [0.25, 0.3) is 0 Å². The molecule has 2 amide bonds. The van der Waals surface area contributed by atoms with E-state index in [9.17, 15) is 4.79 Å². The quantitative estimate of drug-likeness (QED) is 0.599. The van der Waals surface area contributed by atoms with Crippen LogP contribution in [0, 0.1) is 0 Å². The van der Waals surface area contributed by atoms with Crippen molar-refractivity contribution in [3.05, 3.63) is 48.0 Å². The highest BCUT2D eigenvalue weighted by atomic mass is 16.6. The van der Waals surface area contributed by atoms with Crippen LogP contribution in [0.5, 0.6) is 11.5 Å². The first-order valence-corrected chi connectivity index (χ1v) is 11.8. The standard InChI is InChI=1S/C25H35N3O7/c26-8-7-20-1-3-21(4-2-20)27-25(29)28-22-5-6-23-24(19-22)35-18-16-33-14-12-31-10-9-30-11-13-32-15-17-34-23/h1-6,19H,7-18,26H2,(H2,27,28,29). The summed E-state index contributed by atoms with van der Waals surface area (Å²) in [6, 6.07) is 12.4. The number of anilines is 2. The molecule has 0 radical (unpaired) electrons. The lowest BCUT2D eigenvalue weighted by molar-refractivity contribution is -0.00841. The van der Waals surface area contributed by atoms with E-state index < -0.39 is 0 Å². The predicted molar refractivity (Wildman–Crippen MR) is 133 cm³/mol. The molecule has 1 aliphatic heterocycles. The van der Waals surface area contributed by atoms with Gasteiger partial charge in [0, 0.05) is 17.4 Å². The third kappa shape index (κ3) is 10.5. The van der Waals surface area contributed by atoms with E-state index >= 15 is 0 Å². The number of rotatable bonds is 4. The Morgan fingerprint density at radius 2 is 1.14 bits per heavy atom. The fraction of sp³-hybridized carbons (Fsp3) is 0.480. The number of amides is 2. The van der Waals surface area contributed by atoms with Gasteiger partial charge in [-0.05, 0) is 42.8 Å². The molecule has 2 aromatic carbocycles. The molecule has 1 aliphatic rings. The van der Waals surface area contributed by atoms with Gasteiger partial charge < -0.3 is 44.8 Å². The number of hydrogen-bond donors (Lipinski definition) is 3. The van der Waals surface area contributed by atoms with Crippen molar-refractivity contribution in [2.24, 2.45) is 5.73 Å². The Labute approximate surface area is 206 Å². The minimum atomic E-state index is -0.364. The molecule has 0 aromatic heterocycles. The predicted octanol–water partition coefficient (Wildman–Crippen LogP) is 2.67. The third-order valence-corrected chi connectivity index (χ3v) is 4.93. The molecule has 1 heterocycles. The maximum atomic E-state index is 12.5. The van der Waals surface area contributed by atoms with E-state index in [1.54, 1.807) is 18.2 Å². The normalized spacial score (nSPS) is 16.5. The molecular weight excluding hydrogens is 454 g/mol. The van der Waals surface area contributed by atoms with Gasteiger partial charge in [0.05, 0.1) is 52.9 Å². The highest BCUT2D eigenvalue weighted by Gasteiger charge is 2.10. The van der Waals surface area contributed by atoms with Gasteiger partial charge in [-0.15, -0.1) is 0 Å². The summed E-state index contributed by atoms with van der Waals surface area (Å²) in [5, 5.41) is 5.64. The van der Waals surface area contributed by atoms with Gasteiger partial charge >= 0.3 is 6.03 Å². The van der Waals surface area contributed by atoms with Gasteiger partial charge in [0.25, 0.3) is 0 Å². The van der Waals surface area contributed by atoms with Crippen molar-refractivity contribution in [3.63, 3.8) is 0 Å². The van der Waals surface area contributed by atoms with Crippen LogP contribution in [-0.2, 0) is 25.4 Å². The summed E-state index contributed by atoms with van der Waals surface area (Å²) >= 11 is 0. The van der Waals surface area contributed by atoms with E-state index in [-0.39, 0.29) is 6.03 Å². The van der Waals surface area contributed by atoms with Gasteiger partial charge in [0.2, 0.25) is 0 Å². The molecule has 2 aromatic rings. The molecule has 192 valence electrons. The molecule has 0 bridgehead atoms. The van der Waals surface area contributed by atoms with E-state index in [1.807, 2.05) is 24.3 Å². The Balaban J connectivity index is 1.57. The molecule has 4 N–H and O–H groups in total. The minimum absolute atomic E-state index is 0.320. The Morgan fingerprint density at radius 1 is 0.657 bits per heavy atom. The molecule has 3 rings (SSSR count). The molecule has 35 heavy (non-hydrogen) atoms. The second-order valence-electron chi connectivity index (χ2n) is 7.62. The van der Waals surface area contributed by atoms with Gasteiger partial charge in [-0.3, -0.25) is 0 Å². The Kier molecular flexibility index (Phi) is 12.1. The van der Waals surface area contributed by atoms with Gasteiger partial charge in [0.1, 0.15) is 13.2 Å². The highest BCUT2D eigenvalue weighted by Crippen LogP contribution is 2.30. The van der Waals surface area contributed by atoms with E-state index in [1.165, 1.54) is 0 Å². The Morgan fingerprint density at radius 3 is 1.71 bits per heavy atom. The van der Waals surface area contributed by atoms with Crippen LogP contribution in [-0.4, -0.2) is 78.6 Å². The van der Waals surface area contributed by atoms with Crippen LogP contribution in [0.4, 0.5) is 16.2 Å². The van der Waals surface area contributed by atoms with E-state index in [4.69, 9.17) is 34.2 Å². The van der Waals surface area contributed by atoms with Crippen molar-refractivity contribution in [2.45, 2.75) is 6.42 Å². The zero-order valence-corrected chi connectivity index (χ0v) is 20.0. The Bertz CT molecular complexity index is 880. The second kappa shape index (κ2) is 15.9. The lowest BCUT2D eigenvalue weighted by atomic mass is 10.1. The van der Waals surface area contributed by atoms with Gasteiger partial charge in [0.15, 0.2) is 11.5 Å². The van der Waals surface area contributed by atoms with Crippen LogP contribution >= 0.6 is 0 Å². The molecule has 10 nitrogen and oxygen atoms in total. The van der Waals surface area contributed by atoms with E-state index in [2.05, 4.69) is 10.6 Å². The highest BCUT2D eigenvalue weighted by molar-refractivity contribution is 5.99. The third-order valence-electron chi connectivity index (χ3n) is 4.93. The molecule has 0 saturated heterocycles. The average molecular weight is 490 g/mol. The topological polar surface area (TPSA) is 123 Å². The lowest BCUT2D eigenvalue weighted by Gasteiger charge is -2.16. The average Bonchev–Trinajstić information content (AvgIpc) is 2.85. The fourth-order valence-electron chi connectivity index (χ4n) is 3.22. The number of fused-ring (bicyclic) bond motifs is 1. The van der Waals surface area contributed by atoms with E-state index in [0.717, 1.165) is 12.0 Å². The second-order valence-corrected chi connectivity index (χ2v) is 7.62. The summed E-state index contributed by atoms with van der Waals surface area (Å²) in [7, 11) is 0. The summed E-state index contributed by atoms with van der Waals surface area (Å²) in [4.78, 5) is 12.5. The number of ether oxygens (including phenoxy) is 6. The zero-order chi connectivity index (χ0) is 24.6. The van der Waals surface area contributed by atoms with Crippen LogP contribution < -0.4 is 25.8 Å². The number of benzene rings is 2. The molecular formula is C25H35N3O7. The largest absolute Gasteiger partial charge is 0.487 e. The molecule has 0 saturated carbocycles. The number of hydrogen-bond acceptors (Lipinski definition) is 8. The molecule has 0 fully saturated rings. The number of nitrogens with one attached hydrogen (secondary N) is 2. The van der Waals surface area contributed by atoms with E-state index in [0.29, 0.717) is 95.5 Å². The summed E-state index contributed by atoms with van der Waals surface area (Å²) in [6.45, 7) is 5.01. The van der Waals surface area contributed by atoms with Crippen LogP contribution in [0.15, 0.2) is 42.5 Å². The monoisotopic (exact) mass is 489 g/mol. The number of urea groups is 1. The molecule has 0 spiro atoms. The van der Waals surface area contributed by atoms with Gasteiger partial charge in [-0.1, -0.05) is 12.1 Å². The van der Waals surface area contributed by atoms with Crippen molar-refractivity contribution < 1.29 is 33.2 Å². The number of carbonyl (C=O) groups is 1. The van der Waals surface area contributed by atoms with Crippen molar-refractivity contribution in [1.82, 2.24) is 0 Å². The first-order chi connectivity index (χ1) is 17.2. The van der Waals surface area contributed by atoms with Crippen LogP contribution in [0.2, 0.25) is 0 Å². The van der Waals surface area contributed by atoms with Gasteiger partial charge in [-0.25, -0.2) is 4.79 Å². The lowest BCUT2D eigenvalue weighted by Crippen LogP contribution is -2.19. The SMILES string of the molecule is NCCc1ccc(NC(=O)Nc2ccc3c(c2)OCCOCCOCCOCCOCCO3)cc1. The molecule has 0 unspecified atom stereocenters. The Hall–Kier alpha value is -2.89. The van der Waals surface area contributed by atoms with Crippen molar-refractivity contribution in [1.29, 1.82) is 0 Å². The first-order valence-electron chi connectivity index (χ1n) is 11.8.